The zero-order valence-corrected chi connectivity index (χ0v) is 15.3. The van der Waals surface area contributed by atoms with Crippen molar-refractivity contribution in [2.45, 2.75) is 19.3 Å². The third-order valence-electron chi connectivity index (χ3n) is 2.12. The molecular weight excluding hydrogens is 337 g/mol. The van der Waals surface area contributed by atoms with E-state index in [0.29, 0.717) is 0 Å². The fraction of sp³-hybridized carbons (Fsp3) is 0.750. The zero-order chi connectivity index (χ0) is 14.5. The van der Waals surface area contributed by atoms with Gasteiger partial charge in [0.1, 0.15) is 0 Å². The molecule has 108 valence electrons. The largest absolute Gasteiger partial charge is 0 e. The summed E-state index contributed by atoms with van der Waals surface area (Å²) in [5.41, 5.74) is 0. The fourth-order valence-electron chi connectivity index (χ4n) is 1.39. The molecule has 1 heterocycles. The molecule has 0 amide bonds. The number of hydrogen-bond acceptors (Lipinski definition) is 0. The Morgan fingerprint density at radius 2 is 0.632 bits per heavy atom. The number of rotatable bonds is 0. The Kier molecular flexibility index (Phi) is 54.2. The summed E-state index contributed by atoms with van der Waals surface area (Å²) in [6.07, 6.45) is 13.8. The average Bonchev–Trinajstić information content (AvgIpc) is 2.46. The van der Waals surface area contributed by atoms with Crippen LogP contribution in [0.5, 0.6) is 0 Å². The van der Waals surface area contributed by atoms with Gasteiger partial charge in [-0.05, 0) is 56.2 Å². The van der Waals surface area contributed by atoms with Gasteiger partial charge >= 0.3 is 33.9 Å². The first kappa shape index (κ1) is 28.2. The molecule has 0 aliphatic carbocycles. The predicted octanol–water partition coefficient (Wildman–Crippen LogP) is 3.09. The Morgan fingerprint density at radius 1 is 0.474 bits per heavy atom. The van der Waals surface area contributed by atoms with Gasteiger partial charge in [0, 0.05) is 17.4 Å². The topological polar surface area (TPSA) is 59.7 Å². The first-order chi connectivity index (χ1) is 9.00. The quantitative estimate of drug-likeness (QED) is 0.363. The van der Waals surface area contributed by atoms with E-state index in [2.05, 4.69) is 20.0 Å². The third kappa shape index (κ3) is 32.5. The van der Waals surface area contributed by atoms with Crippen molar-refractivity contribution in [3.8, 4) is 0 Å². The molecular formula is C12H21CrO3P3. The van der Waals surface area contributed by atoms with E-state index < -0.39 is 0 Å². The minimum Gasteiger partial charge on any atom is 0 e. The normalized spacial score (nSPS) is 19.3. The van der Waals surface area contributed by atoms with Gasteiger partial charge in [-0.1, -0.05) is 0 Å². The molecule has 0 radical (unpaired) electrons. The van der Waals surface area contributed by atoms with Gasteiger partial charge in [-0.15, -0.1) is 25.7 Å². The third-order valence-corrected chi connectivity index (χ3v) is 6.36. The minimum absolute atomic E-state index is 0. The van der Waals surface area contributed by atoms with E-state index in [-0.39, 0.29) is 17.4 Å². The Hall–Kier alpha value is 1.04. The zero-order valence-electron chi connectivity index (χ0n) is 11.0. The molecule has 0 bridgehead atoms. The van der Waals surface area contributed by atoms with Crippen LogP contribution in [0.3, 0.4) is 0 Å². The van der Waals surface area contributed by atoms with Crippen LogP contribution in [0, 0.1) is 20.0 Å². The summed E-state index contributed by atoms with van der Waals surface area (Å²) in [6, 6.07) is 0. The molecule has 0 aromatic rings. The van der Waals surface area contributed by atoms with Crippen molar-refractivity contribution in [3.05, 3.63) is 20.0 Å². The molecule has 1 fully saturated rings. The molecule has 1 aliphatic rings. The van der Waals surface area contributed by atoms with Crippen LogP contribution in [-0.4, -0.2) is 37.0 Å². The summed E-state index contributed by atoms with van der Waals surface area (Å²) in [4.78, 5) is 0. The van der Waals surface area contributed by atoms with Gasteiger partial charge in [-0.2, -0.15) is 0 Å². The van der Waals surface area contributed by atoms with Crippen molar-refractivity contribution in [3.63, 3.8) is 0 Å². The first-order valence-corrected chi connectivity index (χ1v) is 9.98. The van der Waals surface area contributed by atoms with Gasteiger partial charge in [-0.3, -0.25) is 0 Å². The van der Waals surface area contributed by atoms with E-state index in [1.165, 1.54) is 82.0 Å². The van der Waals surface area contributed by atoms with Crippen molar-refractivity contribution < 1.29 is 31.3 Å². The monoisotopic (exact) mass is 358 g/mol. The Balaban J connectivity index is -0.000000142. The number of hydrogen-bond donors (Lipinski definition) is 0. The standard InChI is InChI=1S/C9H21P3.3CO.Cr/c1-4-10-6-2-8-12-9-3-7-11-5-1;3*1-2;/h10-12H,1-9H2;;;;. The summed E-state index contributed by atoms with van der Waals surface area (Å²) in [7, 11) is 3.86. The van der Waals surface area contributed by atoms with Crippen molar-refractivity contribution in [2.24, 2.45) is 0 Å². The van der Waals surface area contributed by atoms with Crippen LogP contribution in [0.1, 0.15) is 19.3 Å². The molecule has 0 spiro atoms. The summed E-state index contributed by atoms with van der Waals surface area (Å²) in [5.74, 6) is 0. The molecule has 1 rings (SSSR count). The van der Waals surface area contributed by atoms with Crippen LogP contribution < -0.4 is 0 Å². The van der Waals surface area contributed by atoms with Gasteiger partial charge in [0.25, 0.3) is 0 Å². The Labute approximate surface area is 133 Å². The van der Waals surface area contributed by atoms with Crippen LogP contribution in [0.2, 0.25) is 0 Å². The molecule has 3 nitrogen and oxygen atoms in total. The maximum Gasteiger partial charge on any atom is 0 e. The van der Waals surface area contributed by atoms with Crippen molar-refractivity contribution in [2.75, 3.05) is 37.0 Å². The molecule has 1 saturated heterocycles. The van der Waals surface area contributed by atoms with E-state index in [0.717, 1.165) is 0 Å². The fourth-order valence-corrected chi connectivity index (χ4v) is 5.76. The second-order valence-corrected chi connectivity index (χ2v) is 7.81. The summed E-state index contributed by atoms with van der Waals surface area (Å²) < 4.78 is 22.5. The molecule has 0 aromatic carbocycles. The van der Waals surface area contributed by atoms with Gasteiger partial charge in [0.05, 0.1) is 0 Å². The summed E-state index contributed by atoms with van der Waals surface area (Å²) in [6.45, 7) is 13.5. The first-order valence-electron chi connectivity index (χ1n) is 5.73. The molecule has 19 heavy (non-hydrogen) atoms. The van der Waals surface area contributed by atoms with Crippen LogP contribution in [0.25, 0.3) is 0 Å². The van der Waals surface area contributed by atoms with Crippen LogP contribution in [0.15, 0.2) is 0 Å². The Morgan fingerprint density at radius 3 is 0.789 bits per heavy atom. The van der Waals surface area contributed by atoms with Crippen molar-refractivity contribution in [1.82, 2.24) is 0 Å². The molecule has 0 atom stereocenters. The molecule has 0 saturated carbocycles. The van der Waals surface area contributed by atoms with Crippen molar-refractivity contribution >= 4 is 25.7 Å². The van der Waals surface area contributed by atoms with E-state index in [1.807, 2.05) is 0 Å². The van der Waals surface area contributed by atoms with Gasteiger partial charge in [0.15, 0.2) is 0 Å². The van der Waals surface area contributed by atoms with Gasteiger partial charge in [0.2, 0.25) is 0 Å². The van der Waals surface area contributed by atoms with E-state index in [1.54, 1.807) is 0 Å². The van der Waals surface area contributed by atoms with E-state index >= 15 is 0 Å². The van der Waals surface area contributed by atoms with E-state index in [9.17, 15) is 0 Å². The average molecular weight is 358 g/mol. The second kappa shape index (κ2) is 36.4. The minimum atomic E-state index is 0. The van der Waals surface area contributed by atoms with Gasteiger partial charge < -0.3 is 0 Å². The van der Waals surface area contributed by atoms with E-state index in [4.69, 9.17) is 14.0 Å². The van der Waals surface area contributed by atoms with Crippen LogP contribution in [-0.2, 0) is 31.3 Å². The maximum absolute atomic E-state index is 7.50. The Bertz CT molecular complexity index is 141. The van der Waals surface area contributed by atoms with Gasteiger partial charge in [-0.25, -0.2) is 0 Å². The molecule has 0 N–H and O–H groups in total. The summed E-state index contributed by atoms with van der Waals surface area (Å²) in [5, 5.41) is 0. The predicted molar refractivity (Wildman–Crippen MR) is 79.8 cm³/mol. The SMILES string of the molecule is C1CPCCCPCCCPC1.[C-]#[O+].[C-]#[O+].[C-]#[O+].[Cr]. The second-order valence-electron chi connectivity index (χ2n) is 3.31. The van der Waals surface area contributed by atoms with Crippen molar-refractivity contribution in [1.29, 1.82) is 0 Å². The smallest absolute Gasteiger partial charge is 0 e. The molecule has 7 heteroatoms. The molecule has 1 aliphatic heterocycles. The van der Waals surface area contributed by atoms with Crippen LogP contribution >= 0.6 is 25.7 Å². The summed E-state index contributed by atoms with van der Waals surface area (Å²) >= 11 is 0. The maximum atomic E-state index is 7.50. The molecule has 0 aromatic heterocycles. The van der Waals surface area contributed by atoms with Crippen LogP contribution in [0.4, 0.5) is 0 Å². The molecule has 0 unspecified atom stereocenters.